The lowest BCUT2D eigenvalue weighted by molar-refractivity contribution is 1.17. The maximum atomic E-state index is 9.00. The topological polar surface area (TPSA) is 9.86 Å². The molecule has 2 heterocycles. The van der Waals surface area contributed by atoms with Crippen LogP contribution < -0.4 is 0 Å². The molecule has 0 atom stereocenters. The number of nitrogens with zero attached hydrogens (tertiary/aromatic N) is 2. The lowest BCUT2D eigenvalue weighted by Gasteiger charge is -2.19. The summed E-state index contributed by atoms with van der Waals surface area (Å²) in [5.41, 5.74) is 3.27. The monoisotopic (exact) mass is 574 g/mol. The van der Waals surface area contributed by atoms with Gasteiger partial charge in [-0.1, -0.05) is 133 Å². The van der Waals surface area contributed by atoms with E-state index in [2.05, 4.69) is 0 Å². The van der Waals surface area contributed by atoms with Crippen molar-refractivity contribution < 1.29 is 19.2 Å². The fourth-order valence-corrected chi connectivity index (χ4v) is 6.14. The summed E-state index contributed by atoms with van der Waals surface area (Å²) in [4.78, 5) is 0. The van der Waals surface area contributed by atoms with E-state index in [1.165, 1.54) is 28.8 Å². The largest absolute Gasteiger partial charge is 0.309 e. The summed E-state index contributed by atoms with van der Waals surface area (Å²) < 4.78 is 125. The second-order valence-electron chi connectivity index (χ2n) is 10.3. The molecule has 0 aliphatic rings. The van der Waals surface area contributed by atoms with Crippen LogP contribution in [-0.2, 0) is 0 Å². The second kappa shape index (κ2) is 9.86. The first-order chi connectivity index (χ1) is 27.6. The maximum absolute atomic E-state index is 9.00. The molecule has 9 aromatic rings. The lowest BCUT2D eigenvalue weighted by Crippen LogP contribution is -2.01. The van der Waals surface area contributed by atoms with Crippen LogP contribution in [-0.4, -0.2) is 9.13 Å². The molecular weight excluding hydrogens is 532 g/mol. The normalized spacial score (nSPS) is 16.1. The van der Waals surface area contributed by atoms with Crippen LogP contribution >= 0.6 is 0 Å². The zero-order chi connectivity index (χ0) is 41.2. The molecule has 0 aliphatic carbocycles. The number of aromatic nitrogens is 2. The highest BCUT2D eigenvalue weighted by molar-refractivity contribution is 6.13. The number of benzene rings is 7. The molecule has 0 aliphatic heterocycles. The molecule has 0 radical (unpaired) electrons. The molecule has 0 saturated carbocycles. The number of para-hydroxylation sites is 4. The first kappa shape index (κ1) is 14.5. The smallest absolute Gasteiger partial charge is 0.0645 e. The van der Waals surface area contributed by atoms with E-state index in [1.807, 2.05) is 28.8 Å². The van der Waals surface area contributed by atoms with E-state index in [0.29, 0.717) is 44.3 Å². The van der Waals surface area contributed by atoms with Gasteiger partial charge in [0.15, 0.2) is 0 Å². The quantitative estimate of drug-likeness (QED) is 0.198. The minimum atomic E-state index is -0.537. The van der Waals surface area contributed by atoms with E-state index in [9.17, 15) is 0 Å². The summed E-state index contributed by atoms with van der Waals surface area (Å²) in [5, 5.41) is 1.26. The van der Waals surface area contributed by atoms with Crippen LogP contribution in [0.4, 0.5) is 0 Å². The van der Waals surface area contributed by atoms with E-state index in [0.717, 1.165) is 0 Å². The van der Waals surface area contributed by atoms with Crippen molar-refractivity contribution in [1.82, 2.24) is 9.13 Å². The van der Waals surface area contributed by atoms with Crippen molar-refractivity contribution in [3.05, 3.63) is 170 Å². The Bertz CT molecular complexity index is 3090. The van der Waals surface area contributed by atoms with Crippen LogP contribution in [0, 0.1) is 0 Å². The van der Waals surface area contributed by atoms with Gasteiger partial charge in [-0.05, 0) is 47.5 Å². The van der Waals surface area contributed by atoms with Gasteiger partial charge in [-0.15, -0.1) is 0 Å². The van der Waals surface area contributed by atoms with Crippen LogP contribution in [0.5, 0.6) is 0 Å². The Kier molecular flexibility index (Phi) is 3.26. The first-order valence-corrected chi connectivity index (χ1v) is 14.0. The molecule has 0 N–H and O–H groups in total. The standard InChI is InChI=1S/C42H28N2/c1-3-14-29(15-4-1)32-21-13-22-33(30-16-5-2-6-17-30)42(32)44-40-25-12-9-20-36(40)37-28-31(26-27-41(37)44)43-38-23-10-7-18-34(38)35-19-8-11-24-39(35)43/h1-28H/i1D,2D,7D,8D,10D,11D,14D,15D,16D,17D,18D,19D,23D,24D. The summed E-state index contributed by atoms with van der Waals surface area (Å²) in [6.45, 7) is 0. The van der Waals surface area contributed by atoms with Crippen LogP contribution in [0.3, 0.4) is 0 Å². The Morgan fingerprint density at radius 2 is 0.955 bits per heavy atom. The van der Waals surface area contributed by atoms with Crippen LogP contribution in [0.15, 0.2) is 170 Å². The van der Waals surface area contributed by atoms with E-state index >= 15 is 0 Å². The first-order valence-electron chi connectivity index (χ1n) is 21.0. The predicted molar refractivity (Wildman–Crippen MR) is 186 cm³/mol. The number of rotatable bonds is 4. The Labute approximate surface area is 275 Å². The minimum Gasteiger partial charge on any atom is -0.309 e. The van der Waals surface area contributed by atoms with E-state index in [1.54, 1.807) is 36.4 Å². The molecule has 2 aromatic heterocycles. The number of fused-ring (bicyclic) bond motifs is 6. The minimum absolute atomic E-state index is 0.00597. The van der Waals surface area contributed by atoms with Gasteiger partial charge in [0.25, 0.3) is 0 Å². The highest BCUT2D eigenvalue weighted by Crippen LogP contribution is 2.42. The highest BCUT2D eigenvalue weighted by atomic mass is 15.0. The second-order valence-corrected chi connectivity index (χ2v) is 10.3. The fraction of sp³-hybridized carbons (Fsp3) is 0. The molecule has 7 aromatic carbocycles. The van der Waals surface area contributed by atoms with Gasteiger partial charge in [0.1, 0.15) is 0 Å². The summed E-state index contributed by atoms with van der Waals surface area (Å²) in [7, 11) is 0. The van der Waals surface area contributed by atoms with Crippen molar-refractivity contribution in [3.8, 4) is 33.6 Å². The van der Waals surface area contributed by atoms with Crippen LogP contribution in [0.1, 0.15) is 19.2 Å². The van der Waals surface area contributed by atoms with Crippen molar-refractivity contribution in [2.24, 2.45) is 0 Å². The molecule has 2 nitrogen and oxygen atoms in total. The van der Waals surface area contributed by atoms with Crippen molar-refractivity contribution in [2.45, 2.75) is 0 Å². The maximum Gasteiger partial charge on any atom is 0.0645 e. The third kappa shape index (κ3) is 3.68. The van der Waals surface area contributed by atoms with E-state index in [4.69, 9.17) is 19.2 Å². The Hall–Kier alpha value is -5.86. The molecule has 206 valence electrons. The van der Waals surface area contributed by atoms with Crippen molar-refractivity contribution in [2.75, 3.05) is 0 Å². The lowest BCUT2D eigenvalue weighted by atomic mass is 9.95. The van der Waals surface area contributed by atoms with Crippen molar-refractivity contribution in [1.29, 1.82) is 0 Å². The zero-order valence-corrected chi connectivity index (χ0v) is 23.0. The fourth-order valence-electron chi connectivity index (χ4n) is 6.14. The van der Waals surface area contributed by atoms with Crippen LogP contribution in [0.25, 0.3) is 77.2 Å². The SMILES string of the molecule is [2H]c1cc([2H])c(-c2cccc(-c3c([2H])cc([2H])cc3[2H])c2-n2c3ccccc3c3cc(-n4c5c([2H])c([2H])c([2H])c([2H])c5c5c([2H])c([2H])c([2H])c([2H])c54)ccc32)c([2H])c1. The van der Waals surface area contributed by atoms with Gasteiger partial charge in [0.05, 0.1) is 46.9 Å². The summed E-state index contributed by atoms with van der Waals surface area (Å²) in [6, 6.07) is 19.1. The van der Waals surface area contributed by atoms with Gasteiger partial charge in [-0.2, -0.15) is 0 Å². The van der Waals surface area contributed by atoms with Gasteiger partial charge in [-0.25, -0.2) is 0 Å². The van der Waals surface area contributed by atoms with Gasteiger partial charge in [0.2, 0.25) is 0 Å². The molecule has 2 heteroatoms. The molecule has 0 bridgehead atoms. The Morgan fingerprint density at radius 1 is 0.386 bits per heavy atom. The molecule has 0 fully saturated rings. The zero-order valence-electron chi connectivity index (χ0n) is 37.0. The van der Waals surface area contributed by atoms with Crippen molar-refractivity contribution in [3.63, 3.8) is 0 Å². The molecule has 0 spiro atoms. The van der Waals surface area contributed by atoms with Crippen molar-refractivity contribution >= 4 is 43.6 Å². The summed E-state index contributed by atoms with van der Waals surface area (Å²) >= 11 is 0. The van der Waals surface area contributed by atoms with Gasteiger partial charge in [-0.3, -0.25) is 0 Å². The Balaban J connectivity index is 1.45. The van der Waals surface area contributed by atoms with E-state index < -0.39 is 48.3 Å². The average molecular weight is 575 g/mol. The molecule has 44 heavy (non-hydrogen) atoms. The highest BCUT2D eigenvalue weighted by Gasteiger charge is 2.20. The van der Waals surface area contributed by atoms with Gasteiger partial charge in [0, 0.05) is 38.4 Å². The molecule has 0 unspecified atom stereocenters. The number of hydrogen-bond acceptors (Lipinski definition) is 0. The molecule has 0 amide bonds. The molecule has 9 rings (SSSR count). The summed E-state index contributed by atoms with van der Waals surface area (Å²) in [6.07, 6.45) is 0. The van der Waals surface area contributed by atoms with E-state index in [-0.39, 0.29) is 69.2 Å². The van der Waals surface area contributed by atoms with Gasteiger partial charge >= 0.3 is 0 Å². The summed E-state index contributed by atoms with van der Waals surface area (Å²) in [5.74, 6) is 0. The number of hydrogen-bond donors (Lipinski definition) is 0. The third-order valence-corrected chi connectivity index (χ3v) is 7.94. The predicted octanol–water partition coefficient (Wildman–Crippen LogP) is 11.2. The Morgan fingerprint density at radius 3 is 1.59 bits per heavy atom. The van der Waals surface area contributed by atoms with Gasteiger partial charge < -0.3 is 9.13 Å². The average Bonchev–Trinajstić information content (AvgIpc) is 3.71. The molecular formula is C42H28N2. The molecule has 0 saturated heterocycles. The van der Waals surface area contributed by atoms with Crippen LogP contribution in [0.2, 0.25) is 0 Å². The third-order valence-electron chi connectivity index (χ3n) is 7.94.